The summed E-state index contributed by atoms with van der Waals surface area (Å²) in [5.74, 6) is 2.42. The second kappa shape index (κ2) is 8.67. The first-order chi connectivity index (χ1) is 10.4. The van der Waals surface area contributed by atoms with Gasteiger partial charge in [0.1, 0.15) is 17.1 Å². The maximum atomic E-state index is 6.29. The molecule has 0 saturated heterocycles. The molecule has 0 aliphatic rings. The number of rotatable bonds is 9. The van der Waals surface area contributed by atoms with E-state index < -0.39 is 0 Å². The SMILES string of the molecule is C=CC(C)(CCCC(C)C)Oc1ccc(OC)cc1C=CC. The van der Waals surface area contributed by atoms with Crippen LogP contribution in [0.25, 0.3) is 6.08 Å². The number of hydrogen-bond donors (Lipinski definition) is 0. The fourth-order valence-corrected chi connectivity index (χ4v) is 2.36. The summed E-state index contributed by atoms with van der Waals surface area (Å²) in [6, 6.07) is 5.89. The Balaban J connectivity index is 2.91. The van der Waals surface area contributed by atoms with Gasteiger partial charge in [-0.25, -0.2) is 0 Å². The van der Waals surface area contributed by atoms with Crippen LogP contribution in [0, 0.1) is 5.92 Å². The van der Waals surface area contributed by atoms with E-state index in [1.807, 2.05) is 43.4 Å². The molecular weight excluding hydrogens is 272 g/mol. The van der Waals surface area contributed by atoms with Crippen molar-refractivity contribution in [2.75, 3.05) is 7.11 Å². The first kappa shape index (κ1) is 18.3. The first-order valence-corrected chi connectivity index (χ1v) is 8.07. The minimum absolute atomic E-state index is 0.347. The van der Waals surface area contributed by atoms with Crippen LogP contribution in [-0.2, 0) is 0 Å². The molecule has 0 bridgehead atoms. The smallest absolute Gasteiger partial charge is 0.128 e. The standard InChI is InChI=1S/C20H30O2/c1-7-10-17-15-18(21-6)12-13-19(17)22-20(5,8-2)14-9-11-16(3)4/h7-8,10,12-13,15-16H,2,9,11,14H2,1,3-6H3. The Morgan fingerprint density at radius 2 is 2.05 bits per heavy atom. The molecule has 0 fully saturated rings. The van der Waals surface area contributed by atoms with E-state index in [-0.39, 0.29) is 5.60 Å². The third-order valence-electron chi connectivity index (χ3n) is 3.79. The molecule has 0 aliphatic heterocycles. The highest BCUT2D eigenvalue weighted by atomic mass is 16.5. The van der Waals surface area contributed by atoms with Crippen molar-refractivity contribution in [3.8, 4) is 11.5 Å². The van der Waals surface area contributed by atoms with Crippen molar-refractivity contribution in [1.29, 1.82) is 0 Å². The summed E-state index contributed by atoms with van der Waals surface area (Å²) in [7, 11) is 1.68. The number of methoxy groups -OCH3 is 1. The van der Waals surface area contributed by atoms with E-state index in [0.717, 1.165) is 29.9 Å². The zero-order valence-corrected chi connectivity index (χ0v) is 14.7. The molecule has 0 amide bonds. The van der Waals surface area contributed by atoms with E-state index in [4.69, 9.17) is 9.47 Å². The zero-order valence-electron chi connectivity index (χ0n) is 14.7. The third-order valence-corrected chi connectivity index (χ3v) is 3.79. The zero-order chi connectivity index (χ0) is 16.6. The van der Waals surface area contributed by atoms with Gasteiger partial charge >= 0.3 is 0 Å². The predicted octanol–water partition coefficient (Wildman–Crippen LogP) is 5.88. The van der Waals surface area contributed by atoms with Crippen LogP contribution in [0.2, 0.25) is 0 Å². The van der Waals surface area contributed by atoms with Gasteiger partial charge in [0.25, 0.3) is 0 Å². The van der Waals surface area contributed by atoms with E-state index in [0.29, 0.717) is 5.92 Å². The Morgan fingerprint density at radius 1 is 1.32 bits per heavy atom. The quantitative estimate of drug-likeness (QED) is 0.530. The van der Waals surface area contributed by atoms with E-state index in [1.54, 1.807) is 7.11 Å². The molecule has 1 rings (SSSR count). The molecule has 0 saturated carbocycles. The normalized spacial score (nSPS) is 14.1. The summed E-state index contributed by atoms with van der Waals surface area (Å²) < 4.78 is 11.6. The number of ether oxygens (including phenoxy) is 2. The van der Waals surface area contributed by atoms with Crippen molar-refractivity contribution in [3.63, 3.8) is 0 Å². The van der Waals surface area contributed by atoms with Gasteiger partial charge in [0, 0.05) is 5.56 Å². The molecule has 122 valence electrons. The lowest BCUT2D eigenvalue weighted by Crippen LogP contribution is -2.30. The van der Waals surface area contributed by atoms with Crippen molar-refractivity contribution < 1.29 is 9.47 Å². The summed E-state index contributed by atoms with van der Waals surface area (Å²) in [6.45, 7) is 12.6. The molecule has 1 unspecified atom stereocenters. The maximum absolute atomic E-state index is 6.29. The molecule has 1 atom stereocenters. The molecular formula is C20H30O2. The van der Waals surface area contributed by atoms with Crippen LogP contribution in [0.1, 0.15) is 52.5 Å². The first-order valence-electron chi connectivity index (χ1n) is 8.07. The summed E-state index contributed by atoms with van der Waals surface area (Å²) in [6.07, 6.45) is 9.26. The highest BCUT2D eigenvalue weighted by Gasteiger charge is 2.23. The van der Waals surface area contributed by atoms with Crippen molar-refractivity contribution in [3.05, 3.63) is 42.5 Å². The van der Waals surface area contributed by atoms with Gasteiger partial charge in [0.05, 0.1) is 7.11 Å². The van der Waals surface area contributed by atoms with Gasteiger partial charge in [-0.15, -0.1) is 0 Å². The molecule has 0 spiro atoms. The molecule has 1 aromatic carbocycles. The van der Waals surface area contributed by atoms with Crippen molar-refractivity contribution in [2.24, 2.45) is 5.92 Å². The monoisotopic (exact) mass is 302 g/mol. The van der Waals surface area contributed by atoms with Crippen LogP contribution in [0.4, 0.5) is 0 Å². The second-order valence-corrected chi connectivity index (χ2v) is 6.31. The molecule has 22 heavy (non-hydrogen) atoms. The van der Waals surface area contributed by atoms with Gasteiger partial charge in [-0.05, 0) is 56.9 Å². The number of benzene rings is 1. The minimum atomic E-state index is -0.347. The van der Waals surface area contributed by atoms with Gasteiger partial charge in [-0.1, -0.05) is 39.0 Å². The average molecular weight is 302 g/mol. The predicted molar refractivity (Wildman–Crippen MR) is 95.6 cm³/mol. The van der Waals surface area contributed by atoms with Gasteiger partial charge in [0.2, 0.25) is 0 Å². The van der Waals surface area contributed by atoms with Crippen molar-refractivity contribution >= 4 is 6.08 Å². The summed E-state index contributed by atoms with van der Waals surface area (Å²) in [4.78, 5) is 0. The maximum Gasteiger partial charge on any atom is 0.128 e. The van der Waals surface area contributed by atoms with E-state index >= 15 is 0 Å². The Hall–Kier alpha value is -1.70. The third kappa shape index (κ3) is 5.59. The summed E-state index contributed by atoms with van der Waals surface area (Å²) in [5.41, 5.74) is 0.679. The van der Waals surface area contributed by atoms with Gasteiger partial charge in [0.15, 0.2) is 0 Å². The van der Waals surface area contributed by atoms with Crippen molar-refractivity contribution in [2.45, 2.75) is 52.6 Å². The Bertz CT molecular complexity index is 502. The van der Waals surface area contributed by atoms with E-state index in [1.165, 1.54) is 6.42 Å². The van der Waals surface area contributed by atoms with Crippen LogP contribution < -0.4 is 9.47 Å². The van der Waals surface area contributed by atoms with Crippen LogP contribution in [-0.4, -0.2) is 12.7 Å². The molecule has 1 aromatic rings. The molecule has 0 N–H and O–H groups in total. The molecule has 0 radical (unpaired) electrons. The fourth-order valence-electron chi connectivity index (χ4n) is 2.36. The summed E-state index contributed by atoms with van der Waals surface area (Å²) >= 11 is 0. The lowest BCUT2D eigenvalue weighted by Gasteiger charge is -2.29. The largest absolute Gasteiger partial charge is 0.497 e. The Kier molecular flexibility index (Phi) is 7.23. The Labute approximate surface area is 135 Å². The average Bonchev–Trinajstić information content (AvgIpc) is 2.49. The Morgan fingerprint density at radius 3 is 2.59 bits per heavy atom. The lowest BCUT2D eigenvalue weighted by atomic mass is 9.95. The van der Waals surface area contributed by atoms with E-state index in [9.17, 15) is 0 Å². The molecule has 0 heterocycles. The van der Waals surface area contributed by atoms with Gasteiger partial charge in [-0.3, -0.25) is 0 Å². The second-order valence-electron chi connectivity index (χ2n) is 6.31. The van der Waals surface area contributed by atoms with Crippen LogP contribution >= 0.6 is 0 Å². The fraction of sp³-hybridized carbons (Fsp3) is 0.500. The molecule has 0 aromatic heterocycles. The highest BCUT2D eigenvalue weighted by molar-refractivity contribution is 5.59. The minimum Gasteiger partial charge on any atom is -0.497 e. The molecule has 2 nitrogen and oxygen atoms in total. The molecule has 0 aliphatic carbocycles. The van der Waals surface area contributed by atoms with Crippen LogP contribution in [0.5, 0.6) is 11.5 Å². The lowest BCUT2D eigenvalue weighted by molar-refractivity contribution is 0.125. The van der Waals surface area contributed by atoms with Crippen LogP contribution in [0.3, 0.4) is 0 Å². The molecule has 2 heteroatoms. The number of allylic oxidation sites excluding steroid dienone is 1. The summed E-state index contributed by atoms with van der Waals surface area (Å²) in [5, 5.41) is 0. The van der Waals surface area contributed by atoms with E-state index in [2.05, 4.69) is 27.4 Å². The highest BCUT2D eigenvalue weighted by Crippen LogP contribution is 2.31. The van der Waals surface area contributed by atoms with Gasteiger partial charge in [-0.2, -0.15) is 0 Å². The van der Waals surface area contributed by atoms with Crippen LogP contribution in [0.15, 0.2) is 36.9 Å². The number of hydrogen-bond acceptors (Lipinski definition) is 2. The topological polar surface area (TPSA) is 18.5 Å². The van der Waals surface area contributed by atoms with Gasteiger partial charge < -0.3 is 9.47 Å². The van der Waals surface area contributed by atoms with Crippen molar-refractivity contribution in [1.82, 2.24) is 0 Å².